The highest BCUT2D eigenvalue weighted by Gasteiger charge is 2.15. The molecule has 1 heterocycles. The zero-order valence-corrected chi connectivity index (χ0v) is 14.7. The summed E-state index contributed by atoms with van der Waals surface area (Å²) in [6.45, 7) is 2.07. The Kier molecular flexibility index (Phi) is 7.22. The molecule has 4 nitrogen and oxygen atoms in total. The van der Waals surface area contributed by atoms with Crippen molar-refractivity contribution >= 4 is 24.0 Å². The van der Waals surface area contributed by atoms with Crippen LogP contribution in [0.3, 0.4) is 0 Å². The summed E-state index contributed by atoms with van der Waals surface area (Å²) in [5, 5.41) is 6.20. The molecule has 3 rings (SSSR count). The Bertz CT molecular complexity index is 688. The molecule has 1 unspecified atom stereocenters. The highest BCUT2D eigenvalue weighted by Crippen LogP contribution is 2.23. The van der Waals surface area contributed by atoms with E-state index in [0.717, 1.165) is 31.6 Å². The number of nitrogens with one attached hydrogen (secondary N) is 2. The van der Waals surface area contributed by atoms with Crippen molar-refractivity contribution in [3.63, 3.8) is 0 Å². The quantitative estimate of drug-likeness (QED) is 0.800. The molecule has 0 saturated carbocycles. The van der Waals surface area contributed by atoms with Crippen LogP contribution in [0.2, 0.25) is 0 Å². The van der Waals surface area contributed by atoms with Gasteiger partial charge in [0.05, 0.1) is 0 Å². The van der Waals surface area contributed by atoms with Crippen molar-refractivity contribution in [1.29, 1.82) is 0 Å². The van der Waals surface area contributed by atoms with Gasteiger partial charge in [-0.25, -0.2) is 4.39 Å². The Morgan fingerprint density at radius 1 is 1.20 bits per heavy atom. The first-order valence-electron chi connectivity index (χ1n) is 8.23. The number of benzene rings is 2. The van der Waals surface area contributed by atoms with Crippen LogP contribution in [-0.2, 0) is 4.79 Å². The van der Waals surface area contributed by atoms with Gasteiger partial charge in [0.15, 0.2) is 0 Å². The van der Waals surface area contributed by atoms with Crippen molar-refractivity contribution in [3.05, 3.63) is 54.3 Å². The van der Waals surface area contributed by atoms with Crippen molar-refractivity contribution in [1.82, 2.24) is 5.32 Å². The third-order valence-corrected chi connectivity index (χ3v) is 4.11. The van der Waals surface area contributed by atoms with E-state index in [1.54, 1.807) is 36.4 Å². The average Bonchev–Trinajstić information content (AvgIpc) is 3.08. The van der Waals surface area contributed by atoms with E-state index in [9.17, 15) is 9.18 Å². The Morgan fingerprint density at radius 3 is 2.68 bits per heavy atom. The Balaban J connectivity index is 0.00000225. The number of amides is 1. The summed E-state index contributed by atoms with van der Waals surface area (Å²) in [4.78, 5) is 12.0. The van der Waals surface area contributed by atoms with Gasteiger partial charge in [-0.05, 0) is 68.2 Å². The van der Waals surface area contributed by atoms with Gasteiger partial charge in [0, 0.05) is 18.2 Å². The molecule has 1 amide bonds. The van der Waals surface area contributed by atoms with Gasteiger partial charge in [0.1, 0.15) is 17.3 Å². The van der Waals surface area contributed by atoms with E-state index in [1.165, 1.54) is 12.1 Å². The molecule has 1 aliphatic heterocycles. The fourth-order valence-electron chi connectivity index (χ4n) is 2.79. The van der Waals surface area contributed by atoms with Crippen LogP contribution in [0.15, 0.2) is 48.5 Å². The largest absolute Gasteiger partial charge is 0.457 e. The minimum atomic E-state index is -0.339. The molecule has 0 radical (unpaired) electrons. The van der Waals surface area contributed by atoms with Crippen LogP contribution < -0.4 is 15.4 Å². The SMILES string of the molecule is Cl.O=C(CCC1CCNC1)Nc1ccc(Oc2cccc(F)c2)cc1. The number of rotatable bonds is 6. The zero-order chi connectivity index (χ0) is 16.8. The summed E-state index contributed by atoms with van der Waals surface area (Å²) >= 11 is 0. The number of carbonyl (C=O) groups excluding carboxylic acids is 1. The molecule has 0 aliphatic carbocycles. The maximum absolute atomic E-state index is 13.1. The van der Waals surface area contributed by atoms with Gasteiger partial charge in [-0.1, -0.05) is 6.07 Å². The fraction of sp³-hybridized carbons (Fsp3) is 0.316. The van der Waals surface area contributed by atoms with Crippen LogP contribution >= 0.6 is 12.4 Å². The lowest BCUT2D eigenvalue weighted by Gasteiger charge is -2.10. The first-order chi connectivity index (χ1) is 11.7. The van der Waals surface area contributed by atoms with Crippen LogP contribution in [0.5, 0.6) is 11.5 Å². The van der Waals surface area contributed by atoms with E-state index in [0.29, 0.717) is 23.8 Å². The fourth-order valence-corrected chi connectivity index (χ4v) is 2.79. The van der Waals surface area contributed by atoms with E-state index in [4.69, 9.17) is 4.74 Å². The summed E-state index contributed by atoms with van der Waals surface area (Å²) in [7, 11) is 0. The monoisotopic (exact) mass is 364 g/mol. The first-order valence-corrected chi connectivity index (χ1v) is 8.23. The van der Waals surface area contributed by atoms with Crippen LogP contribution in [0.25, 0.3) is 0 Å². The topological polar surface area (TPSA) is 50.4 Å². The lowest BCUT2D eigenvalue weighted by atomic mass is 10.0. The summed E-state index contributed by atoms with van der Waals surface area (Å²) in [5.41, 5.74) is 0.733. The standard InChI is InChI=1S/C19H21FN2O2.ClH/c20-15-2-1-3-18(12-15)24-17-7-5-16(6-8-17)22-19(23)9-4-14-10-11-21-13-14;/h1-3,5-8,12,14,21H,4,9-11,13H2,(H,22,23);1H. The molecule has 25 heavy (non-hydrogen) atoms. The molecule has 2 aromatic carbocycles. The molecular weight excluding hydrogens is 343 g/mol. The molecule has 134 valence electrons. The molecule has 2 aromatic rings. The Hall–Kier alpha value is -2.11. The molecule has 1 atom stereocenters. The van der Waals surface area contributed by atoms with E-state index in [2.05, 4.69) is 10.6 Å². The second-order valence-corrected chi connectivity index (χ2v) is 6.03. The Morgan fingerprint density at radius 2 is 2.00 bits per heavy atom. The van der Waals surface area contributed by atoms with Crippen molar-refractivity contribution in [3.8, 4) is 11.5 Å². The van der Waals surface area contributed by atoms with E-state index in [1.807, 2.05) is 0 Å². The molecule has 1 fully saturated rings. The summed E-state index contributed by atoms with van der Waals surface area (Å²) in [6.07, 6.45) is 2.60. The molecule has 6 heteroatoms. The van der Waals surface area contributed by atoms with E-state index >= 15 is 0 Å². The zero-order valence-electron chi connectivity index (χ0n) is 13.8. The van der Waals surface area contributed by atoms with Crippen molar-refractivity contribution in [2.24, 2.45) is 5.92 Å². The van der Waals surface area contributed by atoms with Gasteiger partial charge in [-0.3, -0.25) is 4.79 Å². The number of ether oxygens (including phenoxy) is 1. The average molecular weight is 365 g/mol. The van der Waals surface area contributed by atoms with Crippen LogP contribution in [-0.4, -0.2) is 19.0 Å². The van der Waals surface area contributed by atoms with Gasteiger partial charge in [-0.2, -0.15) is 0 Å². The maximum atomic E-state index is 13.1. The minimum absolute atomic E-state index is 0. The normalized spacial score (nSPS) is 16.1. The van der Waals surface area contributed by atoms with Crippen molar-refractivity contribution in [2.75, 3.05) is 18.4 Å². The third kappa shape index (κ3) is 6.03. The summed E-state index contributed by atoms with van der Waals surface area (Å²) in [5.74, 6) is 1.33. The number of halogens is 2. The van der Waals surface area contributed by atoms with E-state index < -0.39 is 0 Å². The second-order valence-electron chi connectivity index (χ2n) is 6.03. The lowest BCUT2D eigenvalue weighted by molar-refractivity contribution is -0.116. The molecule has 2 N–H and O–H groups in total. The van der Waals surface area contributed by atoms with Gasteiger partial charge in [0.25, 0.3) is 0 Å². The molecule has 0 bridgehead atoms. The molecule has 0 spiro atoms. The number of carbonyl (C=O) groups is 1. The highest BCUT2D eigenvalue weighted by atomic mass is 35.5. The summed E-state index contributed by atoms with van der Waals surface area (Å²) in [6, 6.07) is 13.0. The van der Waals surface area contributed by atoms with Crippen LogP contribution in [0.1, 0.15) is 19.3 Å². The summed E-state index contributed by atoms with van der Waals surface area (Å²) < 4.78 is 18.7. The van der Waals surface area contributed by atoms with Crippen molar-refractivity contribution in [2.45, 2.75) is 19.3 Å². The number of hydrogen-bond donors (Lipinski definition) is 2. The second kappa shape index (κ2) is 9.39. The smallest absolute Gasteiger partial charge is 0.224 e. The number of anilines is 1. The van der Waals surface area contributed by atoms with Crippen LogP contribution in [0.4, 0.5) is 10.1 Å². The predicted molar refractivity (Wildman–Crippen MR) is 99.0 cm³/mol. The highest BCUT2D eigenvalue weighted by molar-refractivity contribution is 5.90. The van der Waals surface area contributed by atoms with Gasteiger partial charge >= 0.3 is 0 Å². The predicted octanol–water partition coefficient (Wildman–Crippen LogP) is 4.37. The third-order valence-electron chi connectivity index (χ3n) is 4.11. The maximum Gasteiger partial charge on any atom is 0.224 e. The van der Waals surface area contributed by atoms with Crippen LogP contribution in [0, 0.1) is 11.7 Å². The molecule has 0 aromatic heterocycles. The van der Waals surface area contributed by atoms with Gasteiger partial charge in [0.2, 0.25) is 5.91 Å². The Labute approximate surface area is 153 Å². The first kappa shape index (κ1) is 19.2. The molecule has 1 aliphatic rings. The van der Waals surface area contributed by atoms with Gasteiger partial charge < -0.3 is 15.4 Å². The lowest BCUT2D eigenvalue weighted by Crippen LogP contribution is -2.14. The van der Waals surface area contributed by atoms with E-state index in [-0.39, 0.29) is 24.1 Å². The van der Waals surface area contributed by atoms with Gasteiger partial charge in [-0.15, -0.1) is 12.4 Å². The number of hydrogen-bond acceptors (Lipinski definition) is 3. The minimum Gasteiger partial charge on any atom is -0.457 e. The molecule has 1 saturated heterocycles. The van der Waals surface area contributed by atoms with Crippen molar-refractivity contribution < 1.29 is 13.9 Å². The molecular formula is C19H22ClFN2O2.